The minimum absolute atomic E-state index is 0. The maximum absolute atomic E-state index is 12.8. The number of aromatic nitrogens is 1. The molecule has 2 heterocycles. The lowest BCUT2D eigenvalue weighted by Crippen LogP contribution is -2.35. The van der Waals surface area contributed by atoms with Gasteiger partial charge >= 0.3 is 0 Å². The number of sulfonamides is 1. The van der Waals surface area contributed by atoms with E-state index in [1.807, 2.05) is 0 Å². The van der Waals surface area contributed by atoms with Crippen molar-refractivity contribution < 1.29 is 13.2 Å². The second-order valence-electron chi connectivity index (χ2n) is 6.13. The number of halogens is 1. The molecule has 1 aliphatic rings. The van der Waals surface area contributed by atoms with Crippen molar-refractivity contribution in [1.82, 2.24) is 14.6 Å². The highest BCUT2D eigenvalue weighted by atomic mass is 35.5. The first-order valence-corrected chi connectivity index (χ1v) is 10.8. The van der Waals surface area contributed by atoms with Gasteiger partial charge in [0.2, 0.25) is 10.0 Å². The molecule has 7 nitrogen and oxygen atoms in total. The summed E-state index contributed by atoms with van der Waals surface area (Å²) in [6.07, 6.45) is 2.86. The van der Waals surface area contributed by atoms with Crippen LogP contribution in [-0.2, 0) is 23.1 Å². The average molecular weight is 431 g/mol. The van der Waals surface area contributed by atoms with Gasteiger partial charge in [0, 0.05) is 31.6 Å². The van der Waals surface area contributed by atoms with Gasteiger partial charge in [0.25, 0.3) is 5.91 Å². The first kappa shape index (κ1) is 21.8. The molecule has 1 aliphatic heterocycles. The molecule has 0 spiro atoms. The smallest absolute Gasteiger partial charge is 0.271 e. The van der Waals surface area contributed by atoms with E-state index in [9.17, 15) is 13.2 Å². The van der Waals surface area contributed by atoms with Gasteiger partial charge in [-0.05, 0) is 30.5 Å². The fraction of sp³-hybridized carbons (Fsp3) is 0.412. The van der Waals surface area contributed by atoms with Crippen molar-refractivity contribution in [3.8, 4) is 0 Å². The van der Waals surface area contributed by atoms with E-state index in [0.717, 1.165) is 24.8 Å². The van der Waals surface area contributed by atoms with Crippen LogP contribution in [0, 0.1) is 0 Å². The predicted octanol–water partition coefficient (Wildman–Crippen LogP) is 2.13. The number of benzene rings is 1. The molecule has 1 fully saturated rings. The number of amides is 1. The molecule has 0 atom stereocenters. The van der Waals surface area contributed by atoms with E-state index in [-0.39, 0.29) is 29.8 Å². The Balaban J connectivity index is 0.00000261. The van der Waals surface area contributed by atoms with E-state index < -0.39 is 10.0 Å². The van der Waals surface area contributed by atoms with Gasteiger partial charge < -0.3 is 11.1 Å². The molecule has 0 saturated carbocycles. The Morgan fingerprint density at radius 2 is 2.00 bits per heavy atom. The van der Waals surface area contributed by atoms with Crippen LogP contribution in [0.25, 0.3) is 0 Å². The molecule has 3 N–H and O–H groups in total. The molecule has 1 amide bonds. The van der Waals surface area contributed by atoms with Crippen LogP contribution in [0.2, 0.25) is 0 Å². The Bertz CT molecular complexity index is 880. The number of carbonyl (C=O) groups is 1. The summed E-state index contributed by atoms with van der Waals surface area (Å²) in [6, 6.07) is 6.72. The van der Waals surface area contributed by atoms with Crippen LogP contribution in [-0.4, -0.2) is 36.7 Å². The van der Waals surface area contributed by atoms with Gasteiger partial charge in [-0.2, -0.15) is 4.31 Å². The van der Waals surface area contributed by atoms with Crippen molar-refractivity contribution in [2.24, 2.45) is 5.73 Å². The third-order valence-corrected chi connectivity index (χ3v) is 7.03. The number of piperidine rings is 1. The number of hydrogen-bond donors (Lipinski definition) is 2. The van der Waals surface area contributed by atoms with E-state index in [2.05, 4.69) is 10.3 Å². The van der Waals surface area contributed by atoms with E-state index in [0.29, 0.717) is 30.3 Å². The second-order valence-corrected chi connectivity index (χ2v) is 9.01. The average Bonchev–Trinajstić information content (AvgIpc) is 3.16. The lowest BCUT2D eigenvalue weighted by Gasteiger charge is -2.26. The van der Waals surface area contributed by atoms with Crippen LogP contribution in [0.15, 0.2) is 34.5 Å². The van der Waals surface area contributed by atoms with Gasteiger partial charge in [-0.1, -0.05) is 18.6 Å². The zero-order valence-corrected chi connectivity index (χ0v) is 17.2. The van der Waals surface area contributed by atoms with Crippen LogP contribution in [0.4, 0.5) is 0 Å². The molecule has 1 aromatic carbocycles. The number of carbonyl (C=O) groups excluding carboxylic acids is 1. The summed E-state index contributed by atoms with van der Waals surface area (Å²) >= 11 is 1.34. The van der Waals surface area contributed by atoms with Crippen molar-refractivity contribution in [3.63, 3.8) is 0 Å². The molecule has 148 valence electrons. The maximum Gasteiger partial charge on any atom is 0.271 e. The Morgan fingerprint density at radius 3 is 2.67 bits per heavy atom. The molecule has 2 aromatic rings. The number of thiazole rings is 1. The molecular weight excluding hydrogens is 408 g/mol. The zero-order chi connectivity index (χ0) is 18.6. The van der Waals surface area contributed by atoms with Gasteiger partial charge in [-0.3, -0.25) is 4.79 Å². The molecule has 0 aliphatic carbocycles. The molecule has 10 heteroatoms. The minimum atomic E-state index is -3.48. The summed E-state index contributed by atoms with van der Waals surface area (Å²) in [5.74, 6) is -0.301. The maximum atomic E-state index is 12.8. The summed E-state index contributed by atoms with van der Waals surface area (Å²) in [4.78, 5) is 16.5. The van der Waals surface area contributed by atoms with Crippen molar-refractivity contribution in [1.29, 1.82) is 0 Å². The van der Waals surface area contributed by atoms with Crippen LogP contribution in [0.5, 0.6) is 0 Å². The first-order valence-electron chi connectivity index (χ1n) is 8.52. The zero-order valence-electron chi connectivity index (χ0n) is 14.8. The molecule has 27 heavy (non-hydrogen) atoms. The van der Waals surface area contributed by atoms with Crippen LogP contribution >= 0.6 is 23.7 Å². The molecule has 1 saturated heterocycles. The highest BCUT2D eigenvalue weighted by Crippen LogP contribution is 2.21. The van der Waals surface area contributed by atoms with Crippen LogP contribution in [0.3, 0.4) is 0 Å². The normalized spacial score (nSPS) is 15.1. The first-order chi connectivity index (χ1) is 12.5. The van der Waals surface area contributed by atoms with Crippen molar-refractivity contribution in [2.75, 3.05) is 13.1 Å². The van der Waals surface area contributed by atoms with E-state index in [1.54, 1.807) is 29.6 Å². The minimum Gasteiger partial charge on any atom is -0.347 e. The Morgan fingerprint density at radius 1 is 1.26 bits per heavy atom. The number of rotatable bonds is 6. The highest BCUT2D eigenvalue weighted by Gasteiger charge is 2.25. The summed E-state index contributed by atoms with van der Waals surface area (Å²) in [5, 5.41) is 5.13. The molecular formula is C17H23ClN4O3S2. The SMILES string of the molecule is Cl.NCc1nc(C(=O)NCc2cccc(S(=O)(=O)N3CCCCC3)c2)cs1. The Hall–Kier alpha value is -1.52. The third-order valence-electron chi connectivity index (χ3n) is 4.26. The Kier molecular flexibility index (Phi) is 7.75. The van der Waals surface area contributed by atoms with E-state index in [4.69, 9.17) is 5.73 Å². The number of hydrogen-bond acceptors (Lipinski definition) is 6. The Labute approximate surface area is 169 Å². The second kappa shape index (κ2) is 9.61. The van der Waals surface area contributed by atoms with Crippen molar-refractivity contribution in [2.45, 2.75) is 37.2 Å². The van der Waals surface area contributed by atoms with Gasteiger partial charge in [0.05, 0.1) is 4.90 Å². The standard InChI is InChI=1S/C17H22N4O3S2.ClH/c18-10-16-20-15(12-25-16)17(22)19-11-13-5-4-6-14(9-13)26(23,24)21-7-2-1-3-8-21;/h4-6,9,12H,1-3,7-8,10-11,18H2,(H,19,22);1H. The lowest BCUT2D eigenvalue weighted by molar-refractivity contribution is 0.0946. The summed E-state index contributed by atoms with van der Waals surface area (Å²) in [6.45, 7) is 1.67. The third kappa shape index (κ3) is 5.26. The fourth-order valence-corrected chi connectivity index (χ4v) is 5.09. The molecule has 1 aromatic heterocycles. The van der Waals surface area contributed by atoms with Gasteiger partial charge in [0.15, 0.2) is 0 Å². The molecule has 0 radical (unpaired) electrons. The van der Waals surface area contributed by atoms with Gasteiger partial charge in [-0.25, -0.2) is 13.4 Å². The highest BCUT2D eigenvalue weighted by molar-refractivity contribution is 7.89. The lowest BCUT2D eigenvalue weighted by atomic mass is 10.2. The quantitative estimate of drug-likeness (QED) is 0.730. The van der Waals surface area contributed by atoms with E-state index >= 15 is 0 Å². The van der Waals surface area contributed by atoms with Gasteiger partial charge in [0.1, 0.15) is 10.7 Å². The molecule has 0 bridgehead atoms. The monoisotopic (exact) mass is 430 g/mol. The summed E-state index contributed by atoms with van der Waals surface area (Å²) in [7, 11) is -3.48. The van der Waals surface area contributed by atoms with Crippen molar-refractivity contribution in [3.05, 3.63) is 45.9 Å². The summed E-state index contributed by atoms with van der Waals surface area (Å²) < 4.78 is 27.0. The number of nitrogens with zero attached hydrogens (tertiary/aromatic N) is 2. The number of nitrogens with one attached hydrogen (secondary N) is 1. The van der Waals surface area contributed by atoms with Crippen molar-refractivity contribution >= 4 is 39.7 Å². The topological polar surface area (TPSA) is 105 Å². The van der Waals surface area contributed by atoms with Crippen LogP contribution in [0.1, 0.15) is 40.3 Å². The number of nitrogens with two attached hydrogens (primary N) is 1. The molecule has 3 rings (SSSR count). The fourth-order valence-electron chi connectivity index (χ4n) is 2.85. The summed E-state index contributed by atoms with van der Waals surface area (Å²) in [5.41, 5.74) is 6.56. The van der Waals surface area contributed by atoms with Gasteiger partial charge in [-0.15, -0.1) is 23.7 Å². The molecule has 0 unspecified atom stereocenters. The predicted molar refractivity (Wildman–Crippen MR) is 107 cm³/mol. The largest absolute Gasteiger partial charge is 0.347 e. The van der Waals surface area contributed by atoms with E-state index in [1.165, 1.54) is 15.6 Å². The van der Waals surface area contributed by atoms with Crippen LogP contribution < -0.4 is 11.1 Å².